The average molecular weight is 382 g/mol. The Hall–Kier alpha value is -3.42. The fourth-order valence-corrected chi connectivity index (χ4v) is 2.73. The number of aromatic nitrogens is 4. The second-order valence-corrected chi connectivity index (χ2v) is 6.53. The average Bonchev–Trinajstić information content (AvgIpc) is 3.16. The first kappa shape index (κ1) is 20.9. The maximum absolute atomic E-state index is 12.1. The molecule has 0 fully saturated rings. The number of benzene rings is 1. The lowest BCUT2D eigenvalue weighted by Gasteiger charge is -2.10. The molecule has 0 spiro atoms. The van der Waals surface area contributed by atoms with E-state index >= 15 is 0 Å². The van der Waals surface area contributed by atoms with Crippen molar-refractivity contribution in [2.45, 2.75) is 34.6 Å². The van der Waals surface area contributed by atoms with Crippen LogP contribution in [0.5, 0.6) is 0 Å². The molecule has 28 heavy (non-hydrogen) atoms. The van der Waals surface area contributed by atoms with Gasteiger partial charge in [-0.3, -0.25) is 4.79 Å². The summed E-state index contributed by atoms with van der Waals surface area (Å²) in [4.78, 5) is 22.2. The van der Waals surface area contributed by atoms with Crippen LogP contribution in [0.25, 0.3) is 0 Å². The molecule has 2 N–H and O–H groups in total. The van der Waals surface area contributed by atoms with E-state index in [0.717, 1.165) is 39.7 Å². The molecule has 148 valence electrons. The van der Waals surface area contributed by atoms with E-state index in [1.54, 1.807) is 0 Å². The lowest BCUT2D eigenvalue weighted by molar-refractivity contribution is 0.250. The van der Waals surface area contributed by atoms with E-state index in [0.29, 0.717) is 6.41 Å². The molecule has 0 saturated carbocycles. The summed E-state index contributed by atoms with van der Waals surface area (Å²) in [6.45, 7) is 9.43. The fourth-order valence-electron chi connectivity index (χ4n) is 2.73. The Morgan fingerprint density at radius 1 is 0.964 bits per heavy atom. The summed E-state index contributed by atoms with van der Waals surface area (Å²) >= 11 is 0. The van der Waals surface area contributed by atoms with Crippen LogP contribution in [0.2, 0.25) is 0 Å². The quantitative estimate of drug-likeness (QED) is 0.677. The van der Waals surface area contributed by atoms with Gasteiger partial charge in [0, 0.05) is 29.8 Å². The standard InChI is InChI=1S/C14H18N4O.C6H8N2O/c1-9-5-6-12(8-13(9)15-4)16-14(19)18-11(3)7-10(2)17-18;1-5-3-6(2)8(4-9)7-5/h5-8,15H,1-4H3,(H,16,19);3-4H,1-2H3. The number of anilines is 2. The highest BCUT2D eigenvalue weighted by molar-refractivity contribution is 5.91. The molecule has 0 aliphatic rings. The highest BCUT2D eigenvalue weighted by Gasteiger charge is 2.10. The van der Waals surface area contributed by atoms with Crippen LogP contribution >= 0.6 is 0 Å². The van der Waals surface area contributed by atoms with Crippen molar-refractivity contribution in [3.63, 3.8) is 0 Å². The van der Waals surface area contributed by atoms with Gasteiger partial charge in [0.25, 0.3) is 0 Å². The monoisotopic (exact) mass is 382 g/mol. The molecule has 8 heteroatoms. The maximum atomic E-state index is 12.1. The lowest BCUT2D eigenvalue weighted by Crippen LogP contribution is -2.21. The van der Waals surface area contributed by atoms with Crippen molar-refractivity contribution in [3.8, 4) is 0 Å². The summed E-state index contributed by atoms with van der Waals surface area (Å²) in [5.41, 5.74) is 6.26. The number of amides is 1. The first-order valence-electron chi connectivity index (χ1n) is 8.86. The summed E-state index contributed by atoms with van der Waals surface area (Å²) in [6.07, 6.45) is 0.697. The number of rotatable bonds is 3. The van der Waals surface area contributed by atoms with Gasteiger partial charge in [-0.15, -0.1) is 0 Å². The summed E-state index contributed by atoms with van der Waals surface area (Å²) in [5.74, 6) is 0. The first-order valence-corrected chi connectivity index (χ1v) is 8.86. The number of nitrogens with one attached hydrogen (secondary N) is 2. The van der Waals surface area contributed by atoms with Crippen molar-refractivity contribution in [2.75, 3.05) is 17.7 Å². The van der Waals surface area contributed by atoms with Crippen LogP contribution in [0.1, 0.15) is 28.3 Å². The van der Waals surface area contributed by atoms with E-state index in [1.165, 1.54) is 9.36 Å². The highest BCUT2D eigenvalue weighted by Crippen LogP contribution is 2.19. The van der Waals surface area contributed by atoms with Crippen molar-refractivity contribution in [1.82, 2.24) is 19.6 Å². The Labute approximate surface area is 164 Å². The van der Waals surface area contributed by atoms with Gasteiger partial charge in [0.05, 0.1) is 11.4 Å². The molecule has 0 unspecified atom stereocenters. The van der Waals surface area contributed by atoms with Crippen molar-refractivity contribution in [3.05, 3.63) is 58.7 Å². The largest absolute Gasteiger partial charge is 0.388 e. The van der Waals surface area contributed by atoms with Gasteiger partial charge in [0.2, 0.25) is 6.41 Å². The molecule has 3 aromatic rings. The minimum Gasteiger partial charge on any atom is -0.388 e. The number of nitrogens with zero attached hydrogens (tertiary/aromatic N) is 4. The van der Waals surface area contributed by atoms with Crippen molar-refractivity contribution in [2.24, 2.45) is 0 Å². The van der Waals surface area contributed by atoms with Crippen LogP contribution < -0.4 is 10.6 Å². The molecule has 1 aromatic carbocycles. The first-order chi connectivity index (χ1) is 13.2. The Bertz CT molecular complexity index is 987. The molecular formula is C20H26N6O2. The smallest absolute Gasteiger partial charge is 0.346 e. The van der Waals surface area contributed by atoms with E-state index in [4.69, 9.17) is 0 Å². The molecule has 0 bridgehead atoms. The molecule has 0 saturated heterocycles. The van der Waals surface area contributed by atoms with Crippen LogP contribution in [0, 0.1) is 34.6 Å². The van der Waals surface area contributed by atoms with Gasteiger partial charge in [0.15, 0.2) is 0 Å². The third-order valence-corrected chi connectivity index (χ3v) is 4.10. The Kier molecular flexibility index (Phi) is 6.70. The lowest BCUT2D eigenvalue weighted by atomic mass is 10.2. The van der Waals surface area contributed by atoms with Gasteiger partial charge < -0.3 is 10.6 Å². The van der Waals surface area contributed by atoms with E-state index in [9.17, 15) is 9.59 Å². The van der Waals surface area contributed by atoms with Crippen molar-refractivity contribution in [1.29, 1.82) is 0 Å². The van der Waals surface area contributed by atoms with E-state index in [2.05, 4.69) is 20.8 Å². The van der Waals surface area contributed by atoms with Crippen LogP contribution in [-0.2, 0) is 4.79 Å². The summed E-state index contributed by atoms with van der Waals surface area (Å²) in [7, 11) is 1.86. The summed E-state index contributed by atoms with van der Waals surface area (Å²) < 4.78 is 2.68. The third kappa shape index (κ3) is 5.06. The Balaban J connectivity index is 0.000000261. The number of carbonyl (C=O) groups is 2. The van der Waals surface area contributed by atoms with Gasteiger partial charge in [-0.1, -0.05) is 6.07 Å². The zero-order chi connectivity index (χ0) is 20.8. The predicted molar refractivity (Wildman–Crippen MR) is 111 cm³/mol. The summed E-state index contributed by atoms with van der Waals surface area (Å²) in [5, 5.41) is 14.0. The number of aryl methyl sites for hydroxylation is 5. The molecule has 2 heterocycles. The van der Waals surface area contributed by atoms with E-state index in [1.807, 2.05) is 72.0 Å². The zero-order valence-corrected chi connectivity index (χ0v) is 17.1. The van der Waals surface area contributed by atoms with E-state index < -0.39 is 0 Å². The Morgan fingerprint density at radius 3 is 2.07 bits per heavy atom. The van der Waals surface area contributed by atoms with Gasteiger partial charge in [0.1, 0.15) is 0 Å². The van der Waals surface area contributed by atoms with Crippen LogP contribution in [0.15, 0.2) is 30.3 Å². The second kappa shape index (κ2) is 8.98. The van der Waals surface area contributed by atoms with Crippen molar-refractivity contribution >= 4 is 23.8 Å². The predicted octanol–water partition coefficient (Wildman–Crippen LogP) is 3.47. The Morgan fingerprint density at radius 2 is 1.61 bits per heavy atom. The minimum absolute atomic E-state index is 0.253. The molecule has 2 aromatic heterocycles. The SMILES string of the molecule is CNc1cc(NC(=O)n2nc(C)cc2C)ccc1C.Cc1cc(C)n(C=O)n1. The van der Waals surface area contributed by atoms with Crippen molar-refractivity contribution < 1.29 is 9.59 Å². The topological polar surface area (TPSA) is 93.8 Å². The fraction of sp³-hybridized carbons (Fsp3) is 0.300. The summed E-state index contributed by atoms with van der Waals surface area (Å²) in [6, 6.07) is 9.21. The van der Waals surface area contributed by atoms with Crippen LogP contribution in [-0.4, -0.2) is 39.0 Å². The van der Waals surface area contributed by atoms with Gasteiger partial charge in [-0.2, -0.15) is 14.9 Å². The zero-order valence-electron chi connectivity index (χ0n) is 17.1. The van der Waals surface area contributed by atoms with Gasteiger partial charge in [-0.25, -0.2) is 9.48 Å². The number of carbonyl (C=O) groups excluding carboxylic acids is 2. The van der Waals surface area contributed by atoms with Crippen LogP contribution in [0.3, 0.4) is 0 Å². The molecular weight excluding hydrogens is 356 g/mol. The normalized spacial score (nSPS) is 10.1. The molecule has 0 atom stereocenters. The third-order valence-electron chi connectivity index (χ3n) is 4.10. The number of hydrogen-bond acceptors (Lipinski definition) is 5. The molecule has 0 radical (unpaired) electrons. The van der Waals surface area contributed by atoms with E-state index in [-0.39, 0.29) is 6.03 Å². The van der Waals surface area contributed by atoms with Gasteiger partial charge in [-0.05, 0) is 64.4 Å². The molecule has 8 nitrogen and oxygen atoms in total. The van der Waals surface area contributed by atoms with Gasteiger partial charge >= 0.3 is 6.03 Å². The van der Waals surface area contributed by atoms with Crippen LogP contribution in [0.4, 0.5) is 16.2 Å². The second-order valence-electron chi connectivity index (χ2n) is 6.53. The molecule has 0 aliphatic heterocycles. The maximum Gasteiger partial charge on any atom is 0.346 e. The molecule has 3 rings (SSSR count). The highest BCUT2D eigenvalue weighted by atomic mass is 16.2. The molecule has 0 aliphatic carbocycles. The minimum atomic E-state index is -0.253. The number of hydrogen-bond donors (Lipinski definition) is 2. The molecule has 1 amide bonds.